The molecule has 4 heteroatoms. The van der Waals surface area contributed by atoms with Gasteiger partial charge in [0.1, 0.15) is 5.37 Å². The van der Waals surface area contributed by atoms with Gasteiger partial charge in [-0.1, -0.05) is 13.8 Å². The Kier molecular flexibility index (Phi) is 4.01. The van der Waals surface area contributed by atoms with Gasteiger partial charge in [-0.2, -0.15) is 0 Å². The van der Waals surface area contributed by atoms with E-state index in [1.165, 1.54) is 0 Å². The lowest BCUT2D eigenvalue weighted by atomic mass is 10.1. The largest absolute Gasteiger partial charge is 0.315 e. The maximum absolute atomic E-state index is 10.2. The van der Waals surface area contributed by atoms with Crippen LogP contribution < -0.4 is 5.73 Å². The molecule has 0 saturated heterocycles. The fraction of sp³-hybridized carbons (Fsp3) is 1.00. The van der Waals surface area contributed by atoms with E-state index in [1.54, 1.807) is 0 Å². The van der Waals surface area contributed by atoms with Crippen molar-refractivity contribution >= 4 is 11.1 Å². The van der Waals surface area contributed by atoms with Crippen LogP contribution in [0.3, 0.4) is 0 Å². The molecule has 0 aromatic rings. The fourth-order valence-electron chi connectivity index (χ4n) is 0.547. The Labute approximate surface area is 57.9 Å². The predicted molar refractivity (Wildman–Crippen MR) is 38.2 cm³/mol. The average molecular weight is 151 g/mol. The second kappa shape index (κ2) is 3.98. The maximum atomic E-state index is 10.2. The molecule has 0 radical (unpaired) electrons. The zero-order valence-electron chi connectivity index (χ0n) is 5.70. The van der Waals surface area contributed by atoms with E-state index in [2.05, 4.69) is 0 Å². The van der Waals surface area contributed by atoms with Crippen LogP contribution in [0.2, 0.25) is 0 Å². The van der Waals surface area contributed by atoms with Crippen LogP contribution in [0, 0.1) is 5.92 Å². The van der Waals surface area contributed by atoms with Crippen molar-refractivity contribution in [3.63, 3.8) is 0 Å². The third kappa shape index (κ3) is 4.57. The molecule has 9 heavy (non-hydrogen) atoms. The summed E-state index contributed by atoms with van der Waals surface area (Å²) in [5, 5.41) is -0.579. The minimum Gasteiger partial charge on any atom is -0.315 e. The van der Waals surface area contributed by atoms with Gasteiger partial charge in [0.15, 0.2) is 11.1 Å². The van der Waals surface area contributed by atoms with Crippen LogP contribution in [0.15, 0.2) is 0 Å². The molecule has 0 aliphatic carbocycles. The molecule has 0 aromatic carbocycles. The second-order valence-corrected chi connectivity index (χ2v) is 3.60. The van der Waals surface area contributed by atoms with E-state index in [0.29, 0.717) is 12.3 Å². The first kappa shape index (κ1) is 9.07. The van der Waals surface area contributed by atoms with Gasteiger partial charge in [-0.3, -0.25) is 0 Å². The van der Waals surface area contributed by atoms with Gasteiger partial charge < -0.3 is 10.3 Å². The van der Waals surface area contributed by atoms with E-state index in [0.717, 1.165) is 0 Å². The van der Waals surface area contributed by atoms with Crippen LogP contribution in [-0.2, 0) is 11.1 Å². The van der Waals surface area contributed by atoms with E-state index in [4.69, 9.17) is 10.3 Å². The minimum absolute atomic E-state index is 0.385. The molecule has 0 amide bonds. The van der Waals surface area contributed by atoms with Crippen LogP contribution in [0.4, 0.5) is 0 Å². The van der Waals surface area contributed by atoms with E-state index >= 15 is 0 Å². The summed E-state index contributed by atoms with van der Waals surface area (Å²) in [5.74, 6) is 0.385. The molecule has 2 atom stereocenters. The Balaban J connectivity index is 3.50. The van der Waals surface area contributed by atoms with E-state index in [1.807, 2.05) is 13.8 Å². The number of rotatable bonds is 3. The first-order valence-electron chi connectivity index (χ1n) is 2.89. The molecule has 0 rings (SSSR count). The van der Waals surface area contributed by atoms with Crippen LogP contribution in [0.5, 0.6) is 0 Å². The van der Waals surface area contributed by atoms with Crippen molar-refractivity contribution in [2.75, 3.05) is 0 Å². The molecule has 0 saturated carbocycles. The van der Waals surface area contributed by atoms with Crippen LogP contribution in [0.25, 0.3) is 0 Å². The third-order valence-corrected chi connectivity index (χ3v) is 1.67. The first-order chi connectivity index (χ1) is 4.04. The van der Waals surface area contributed by atoms with Crippen LogP contribution >= 0.6 is 0 Å². The highest BCUT2D eigenvalue weighted by atomic mass is 32.2. The Morgan fingerprint density at radius 2 is 2.11 bits per heavy atom. The minimum atomic E-state index is -1.85. The number of hydrogen-bond acceptors (Lipinski definition) is 2. The summed E-state index contributed by atoms with van der Waals surface area (Å²) in [6, 6.07) is 0. The zero-order chi connectivity index (χ0) is 7.44. The van der Waals surface area contributed by atoms with Crippen molar-refractivity contribution in [3.05, 3.63) is 0 Å². The summed E-state index contributed by atoms with van der Waals surface area (Å²) in [6.07, 6.45) is 0.600. The summed E-state index contributed by atoms with van der Waals surface area (Å²) < 4.78 is 18.6. The summed E-state index contributed by atoms with van der Waals surface area (Å²) in [4.78, 5) is 0. The summed E-state index contributed by atoms with van der Waals surface area (Å²) in [7, 11) is 0. The van der Waals surface area contributed by atoms with Crippen molar-refractivity contribution in [1.82, 2.24) is 0 Å². The summed E-state index contributed by atoms with van der Waals surface area (Å²) in [5.41, 5.74) is 5.27. The van der Waals surface area contributed by atoms with Crippen molar-refractivity contribution in [2.45, 2.75) is 25.6 Å². The van der Waals surface area contributed by atoms with Gasteiger partial charge >= 0.3 is 0 Å². The topological polar surface area (TPSA) is 63.3 Å². The lowest BCUT2D eigenvalue weighted by molar-refractivity contribution is 0.510. The van der Waals surface area contributed by atoms with Gasteiger partial charge in [-0.15, -0.1) is 0 Å². The normalized spacial score (nSPS) is 17.9. The van der Waals surface area contributed by atoms with Crippen molar-refractivity contribution in [3.8, 4) is 0 Å². The Hall–Kier alpha value is 0.0700. The lowest BCUT2D eigenvalue weighted by Gasteiger charge is -2.08. The van der Waals surface area contributed by atoms with Gasteiger partial charge in [0, 0.05) is 0 Å². The van der Waals surface area contributed by atoms with Crippen molar-refractivity contribution in [1.29, 1.82) is 0 Å². The molecule has 0 aromatic heterocycles. The second-order valence-electron chi connectivity index (χ2n) is 2.44. The van der Waals surface area contributed by atoms with Crippen molar-refractivity contribution < 1.29 is 8.76 Å². The molecule has 2 unspecified atom stereocenters. The van der Waals surface area contributed by atoms with Gasteiger partial charge in [0.2, 0.25) is 0 Å². The summed E-state index contributed by atoms with van der Waals surface area (Å²) in [6.45, 7) is 3.93. The van der Waals surface area contributed by atoms with Gasteiger partial charge in [0.25, 0.3) is 0 Å². The molecule has 0 heterocycles. The standard InChI is InChI=1S/C5H13NO2S/c1-4(2)3-5(6)9(7)8/h4-5H,3,6H2,1-2H3,(H,7,8). The predicted octanol–water partition coefficient (Wildman–Crippen LogP) is 0.539. The molecule has 0 fully saturated rings. The highest BCUT2D eigenvalue weighted by Gasteiger charge is 2.09. The van der Waals surface area contributed by atoms with Gasteiger partial charge in [-0.05, 0) is 12.3 Å². The molecule has 0 spiro atoms. The highest BCUT2D eigenvalue weighted by molar-refractivity contribution is 7.79. The molecule has 0 aliphatic rings. The maximum Gasteiger partial charge on any atom is 0.170 e. The Morgan fingerprint density at radius 3 is 2.22 bits per heavy atom. The smallest absolute Gasteiger partial charge is 0.170 e. The van der Waals surface area contributed by atoms with Crippen LogP contribution in [0.1, 0.15) is 20.3 Å². The molecule has 0 bridgehead atoms. The Bertz CT molecular complexity index is 105. The molecule has 3 nitrogen and oxygen atoms in total. The lowest BCUT2D eigenvalue weighted by Crippen LogP contribution is -2.26. The SMILES string of the molecule is CC(C)CC(N)S(=O)O. The van der Waals surface area contributed by atoms with Gasteiger partial charge in [-0.25, -0.2) is 4.21 Å². The molecule has 3 N–H and O–H groups in total. The fourth-order valence-corrected chi connectivity index (χ4v) is 1.10. The summed E-state index contributed by atoms with van der Waals surface area (Å²) >= 11 is -1.85. The third-order valence-electron chi connectivity index (χ3n) is 0.963. The monoisotopic (exact) mass is 151 g/mol. The zero-order valence-corrected chi connectivity index (χ0v) is 6.52. The highest BCUT2D eigenvalue weighted by Crippen LogP contribution is 2.03. The van der Waals surface area contributed by atoms with Gasteiger partial charge in [0.05, 0.1) is 0 Å². The van der Waals surface area contributed by atoms with E-state index in [9.17, 15) is 4.21 Å². The number of hydrogen-bond donors (Lipinski definition) is 2. The molecular weight excluding hydrogens is 138 g/mol. The first-order valence-corrected chi connectivity index (χ1v) is 4.06. The molecular formula is C5H13NO2S. The average Bonchev–Trinajstić information content (AvgIpc) is 1.63. The molecule has 0 aliphatic heterocycles. The van der Waals surface area contributed by atoms with Crippen LogP contribution in [-0.4, -0.2) is 14.1 Å². The Morgan fingerprint density at radius 1 is 1.67 bits per heavy atom. The van der Waals surface area contributed by atoms with E-state index < -0.39 is 16.5 Å². The van der Waals surface area contributed by atoms with Crippen molar-refractivity contribution in [2.24, 2.45) is 11.7 Å². The molecule has 56 valence electrons. The quantitative estimate of drug-likeness (QED) is 0.579. The number of nitrogens with two attached hydrogens (primary N) is 1. The van der Waals surface area contributed by atoms with E-state index in [-0.39, 0.29) is 0 Å².